The molecule has 0 saturated heterocycles. The van der Waals surface area contributed by atoms with E-state index in [1.165, 1.54) is 11.3 Å². The van der Waals surface area contributed by atoms with Crippen molar-refractivity contribution in [1.82, 2.24) is 4.98 Å². The molecular weight excluding hydrogens is 380 g/mol. The van der Waals surface area contributed by atoms with Gasteiger partial charge in [0.15, 0.2) is 0 Å². The summed E-state index contributed by atoms with van der Waals surface area (Å²) < 4.78 is 5.19. The van der Waals surface area contributed by atoms with Crippen LogP contribution in [-0.2, 0) is 6.42 Å². The summed E-state index contributed by atoms with van der Waals surface area (Å²) in [5, 5.41) is 1.45. The quantitative estimate of drug-likeness (QED) is 0.619. The molecule has 1 atom stereocenters. The van der Waals surface area contributed by atoms with Gasteiger partial charge in [0.1, 0.15) is 17.5 Å². The van der Waals surface area contributed by atoms with Gasteiger partial charge in [-0.15, -0.1) is 11.3 Å². The number of carbonyl (C=O) groups excluding carboxylic acids is 1. The van der Waals surface area contributed by atoms with Crippen LogP contribution in [0.5, 0.6) is 5.75 Å². The normalized spacial score (nSPS) is 15.7. The predicted octanol–water partition coefficient (Wildman–Crippen LogP) is 5.06. The highest BCUT2D eigenvalue weighted by molar-refractivity contribution is 7.13. The van der Waals surface area contributed by atoms with Crippen molar-refractivity contribution in [2.75, 3.05) is 7.11 Å². The van der Waals surface area contributed by atoms with E-state index >= 15 is 0 Å². The fraction of sp³-hybridized carbons (Fsp3) is 0.190. The number of aromatic nitrogens is 1. The summed E-state index contributed by atoms with van der Waals surface area (Å²) in [7, 11) is 1.64. The zero-order valence-corrected chi connectivity index (χ0v) is 16.5. The Kier molecular flexibility index (Phi) is 4.81. The lowest BCUT2D eigenvalue weighted by atomic mass is 9.95. The number of carbonyl (C=O) groups is 1. The highest BCUT2D eigenvalue weighted by Gasteiger charge is 2.31. The van der Waals surface area contributed by atoms with Crippen molar-refractivity contribution >= 4 is 34.9 Å². The van der Waals surface area contributed by atoms with Crippen LogP contribution in [0.1, 0.15) is 43.1 Å². The molecule has 0 spiro atoms. The molecule has 0 radical (unpaired) electrons. The third-order valence-corrected chi connectivity index (χ3v) is 5.90. The van der Waals surface area contributed by atoms with Crippen LogP contribution in [0.15, 0.2) is 47.5 Å². The number of rotatable bonds is 4. The fourth-order valence-electron chi connectivity index (χ4n) is 3.17. The van der Waals surface area contributed by atoms with Gasteiger partial charge in [-0.05, 0) is 36.2 Å². The van der Waals surface area contributed by atoms with Gasteiger partial charge in [0.25, 0.3) is 0 Å². The van der Waals surface area contributed by atoms with E-state index < -0.39 is 6.04 Å². The summed E-state index contributed by atoms with van der Waals surface area (Å²) in [6, 6.07) is 12.8. The summed E-state index contributed by atoms with van der Waals surface area (Å²) in [6.45, 7) is 1.94. The first-order valence-corrected chi connectivity index (χ1v) is 9.71. The van der Waals surface area contributed by atoms with E-state index in [1.807, 2.05) is 43.3 Å². The first kappa shape index (κ1) is 17.9. The average molecular weight is 397 g/mol. The number of aryl methyl sites for hydroxylation is 1. The SMILES string of the molecule is COc1ccc(Cc2nc3c(s2)C=NC(c2c(C)cccc2Cl)C3=O)cc1. The maximum absolute atomic E-state index is 13.0. The monoisotopic (exact) mass is 396 g/mol. The third-order valence-electron chi connectivity index (χ3n) is 4.58. The van der Waals surface area contributed by atoms with E-state index in [1.54, 1.807) is 19.4 Å². The molecule has 1 unspecified atom stereocenters. The molecule has 6 heteroatoms. The van der Waals surface area contributed by atoms with Crippen molar-refractivity contribution < 1.29 is 9.53 Å². The lowest BCUT2D eigenvalue weighted by Crippen LogP contribution is -2.18. The molecule has 1 aliphatic rings. The molecule has 0 saturated carbocycles. The molecule has 0 fully saturated rings. The van der Waals surface area contributed by atoms with E-state index in [2.05, 4.69) is 9.98 Å². The van der Waals surface area contributed by atoms with Gasteiger partial charge in [0.2, 0.25) is 5.78 Å². The molecule has 2 heterocycles. The highest BCUT2D eigenvalue weighted by Crippen LogP contribution is 2.35. The maximum Gasteiger partial charge on any atom is 0.211 e. The van der Waals surface area contributed by atoms with Gasteiger partial charge >= 0.3 is 0 Å². The molecule has 0 bridgehead atoms. The molecule has 0 aliphatic carbocycles. The maximum atomic E-state index is 13.0. The van der Waals surface area contributed by atoms with Crippen molar-refractivity contribution in [2.24, 2.45) is 4.99 Å². The van der Waals surface area contributed by atoms with Crippen molar-refractivity contribution in [3.8, 4) is 5.75 Å². The first-order valence-electron chi connectivity index (χ1n) is 8.52. The van der Waals surface area contributed by atoms with Gasteiger partial charge in [0.05, 0.1) is 17.0 Å². The second-order valence-electron chi connectivity index (χ2n) is 6.36. The Morgan fingerprint density at radius 3 is 2.67 bits per heavy atom. The second-order valence-corrected chi connectivity index (χ2v) is 7.88. The molecule has 4 nitrogen and oxygen atoms in total. The molecule has 0 N–H and O–H groups in total. The zero-order valence-electron chi connectivity index (χ0n) is 14.9. The van der Waals surface area contributed by atoms with Gasteiger partial charge in [-0.1, -0.05) is 35.9 Å². The van der Waals surface area contributed by atoms with E-state index in [-0.39, 0.29) is 5.78 Å². The summed E-state index contributed by atoms with van der Waals surface area (Å²) in [4.78, 5) is 22.9. The summed E-state index contributed by atoms with van der Waals surface area (Å²) >= 11 is 7.84. The lowest BCUT2D eigenvalue weighted by molar-refractivity contribution is 0.0956. The van der Waals surface area contributed by atoms with Crippen LogP contribution in [-0.4, -0.2) is 24.1 Å². The molecule has 27 heavy (non-hydrogen) atoms. The van der Waals surface area contributed by atoms with Crippen LogP contribution in [0.3, 0.4) is 0 Å². The summed E-state index contributed by atoms with van der Waals surface area (Å²) in [6.07, 6.45) is 2.41. The van der Waals surface area contributed by atoms with Crippen molar-refractivity contribution in [3.05, 3.63) is 79.8 Å². The Morgan fingerprint density at radius 2 is 1.96 bits per heavy atom. The number of methoxy groups -OCH3 is 1. The predicted molar refractivity (Wildman–Crippen MR) is 109 cm³/mol. The molecule has 3 aromatic rings. The van der Waals surface area contributed by atoms with Crippen LogP contribution in [0.25, 0.3) is 0 Å². The minimum Gasteiger partial charge on any atom is -0.497 e. The van der Waals surface area contributed by atoms with Gasteiger partial charge in [0, 0.05) is 23.2 Å². The smallest absolute Gasteiger partial charge is 0.211 e. The largest absolute Gasteiger partial charge is 0.497 e. The minimum atomic E-state index is -0.623. The Morgan fingerprint density at radius 1 is 1.19 bits per heavy atom. The topological polar surface area (TPSA) is 51.6 Å². The number of nitrogens with zero attached hydrogens (tertiary/aromatic N) is 2. The van der Waals surface area contributed by atoms with Crippen molar-refractivity contribution in [1.29, 1.82) is 0 Å². The Labute approximate surface area is 166 Å². The first-order chi connectivity index (χ1) is 13.1. The Balaban J connectivity index is 1.62. The van der Waals surface area contributed by atoms with Crippen LogP contribution >= 0.6 is 22.9 Å². The summed E-state index contributed by atoms with van der Waals surface area (Å²) in [5.41, 5.74) is 3.32. The molecule has 1 aliphatic heterocycles. The fourth-order valence-corrected chi connectivity index (χ4v) is 4.48. The van der Waals surface area contributed by atoms with Gasteiger partial charge in [-0.2, -0.15) is 0 Å². The van der Waals surface area contributed by atoms with E-state index in [4.69, 9.17) is 16.3 Å². The number of benzene rings is 2. The second kappa shape index (κ2) is 7.25. The number of aliphatic imine (C=N–C) groups is 1. The highest BCUT2D eigenvalue weighted by atomic mass is 35.5. The molecule has 136 valence electrons. The number of hydrogen-bond donors (Lipinski definition) is 0. The van der Waals surface area contributed by atoms with Crippen LogP contribution in [0.4, 0.5) is 0 Å². The van der Waals surface area contributed by atoms with Crippen molar-refractivity contribution in [3.63, 3.8) is 0 Å². The number of fused-ring (bicyclic) bond motifs is 1. The number of ether oxygens (including phenoxy) is 1. The Bertz CT molecular complexity index is 1020. The molecular formula is C21H17ClN2O2S. The molecule has 1 aromatic heterocycles. The molecule has 2 aromatic carbocycles. The van der Waals surface area contributed by atoms with Crippen LogP contribution < -0.4 is 4.74 Å². The molecule has 4 rings (SSSR count). The number of Topliss-reactive ketones (excluding diaryl/α,β-unsaturated/α-hetero) is 1. The number of hydrogen-bond acceptors (Lipinski definition) is 5. The number of halogens is 1. The molecule has 0 amide bonds. The van der Waals surface area contributed by atoms with E-state index in [0.29, 0.717) is 17.1 Å². The number of thiazole rings is 1. The zero-order chi connectivity index (χ0) is 19.0. The third kappa shape index (κ3) is 3.40. The van der Waals surface area contributed by atoms with Gasteiger partial charge < -0.3 is 4.74 Å². The van der Waals surface area contributed by atoms with Crippen LogP contribution in [0, 0.1) is 6.92 Å². The minimum absolute atomic E-state index is 0.0964. The standard InChI is InChI=1S/C21H17ClN2O2S/c1-12-4-3-5-15(22)18(12)20-21(25)19-16(11-23-20)27-17(24-19)10-13-6-8-14(26-2)9-7-13/h3-9,11,20H,10H2,1-2H3. The van der Waals surface area contributed by atoms with Crippen LogP contribution in [0.2, 0.25) is 5.02 Å². The lowest BCUT2D eigenvalue weighted by Gasteiger charge is -2.17. The number of ketones is 1. The van der Waals surface area contributed by atoms with Gasteiger partial charge in [-0.3, -0.25) is 9.79 Å². The van der Waals surface area contributed by atoms with Gasteiger partial charge in [-0.25, -0.2) is 4.98 Å². The van der Waals surface area contributed by atoms with E-state index in [0.717, 1.165) is 32.3 Å². The average Bonchev–Trinajstić information content (AvgIpc) is 3.07. The van der Waals surface area contributed by atoms with Crippen molar-refractivity contribution in [2.45, 2.75) is 19.4 Å². The summed E-state index contributed by atoms with van der Waals surface area (Å²) in [5.74, 6) is 0.721. The Hall–Kier alpha value is -2.50. The van der Waals surface area contributed by atoms with E-state index in [9.17, 15) is 4.79 Å².